The van der Waals surface area contributed by atoms with Crippen LogP contribution in [0.25, 0.3) is 0 Å². The summed E-state index contributed by atoms with van der Waals surface area (Å²) in [5.74, 6) is 0. The number of alkyl halides is 3. The van der Waals surface area contributed by atoms with Crippen molar-refractivity contribution in [3.8, 4) is 0 Å². The summed E-state index contributed by atoms with van der Waals surface area (Å²) < 4.78 is 4.18. The SMILES string of the molecule is C[C@@H]1COCCN1CCC(Cl)(Cl)Cl. The molecule has 1 aliphatic heterocycles. The van der Waals surface area contributed by atoms with Crippen LogP contribution in [0.5, 0.6) is 0 Å². The van der Waals surface area contributed by atoms with Crippen molar-refractivity contribution in [3.05, 3.63) is 0 Å². The Morgan fingerprint density at radius 1 is 1.46 bits per heavy atom. The van der Waals surface area contributed by atoms with Gasteiger partial charge in [-0.05, 0) is 6.92 Å². The van der Waals surface area contributed by atoms with Gasteiger partial charge in [-0.2, -0.15) is 0 Å². The summed E-state index contributed by atoms with van der Waals surface area (Å²) in [5.41, 5.74) is 0. The minimum absolute atomic E-state index is 0.432. The molecule has 0 N–H and O–H groups in total. The fourth-order valence-electron chi connectivity index (χ4n) is 1.36. The summed E-state index contributed by atoms with van der Waals surface area (Å²) in [7, 11) is 0. The third-order valence-corrected chi connectivity index (χ3v) is 2.75. The van der Waals surface area contributed by atoms with E-state index in [2.05, 4.69) is 11.8 Å². The maximum atomic E-state index is 5.67. The van der Waals surface area contributed by atoms with Gasteiger partial charge in [0.15, 0.2) is 3.79 Å². The maximum absolute atomic E-state index is 5.67. The van der Waals surface area contributed by atoms with Crippen LogP contribution in [-0.4, -0.2) is 41.0 Å². The Bertz CT molecular complexity index is 160. The van der Waals surface area contributed by atoms with Crippen molar-refractivity contribution in [1.29, 1.82) is 0 Å². The van der Waals surface area contributed by atoms with Gasteiger partial charge >= 0.3 is 0 Å². The molecular weight excluding hydrogens is 232 g/mol. The van der Waals surface area contributed by atoms with E-state index in [4.69, 9.17) is 39.5 Å². The van der Waals surface area contributed by atoms with Crippen LogP contribution in [0.2, 0.25) is 0 Å². The molecule has 13 heavy (non-hydrogen) atoms. The Labute approximate surface area is 94.1 Å². The molecule has 0 spiro atoms. The topological polar surface area (TPSA) is 12.5 Å². The Morgan fingerprint density at radius 2 is 2.15 bits per heavy atom. The molecule has 0 unspecified atom stereocenters. The summed E-state index contributed by atoms with van der Waals surface area (Å²) in [4.78, 5) is 2.28. The van der Waals surface area contributed by atoms with Crippen LogP contribution in [-0.2, 0) is 4.74 Å². The highest BCUT2D eigenvalue weighted by molar-refractivity contribution is 6.67. The molecule has 0 aliphatic carbocycles. The van der Waals surface area contributed by atoms with Gasteiger partial charge in [0.25, 0.3) is 0 Å². The van der Waals surface area contributed by atoms with E-state index in [0.717, 1.165) is 26.3 Å². The lowest BCUT2D eigenvalue weighted by Crippen LogP contribution is -2.44. The molecule has 1 rings (SSSR count). The predicted molar refractivity (Wildman–Crippen MR) is 56.8 cm³/mol. The van der Waals surface area contributed by atoms with Gasteiger partial charge in [-0.15, -0.1) is 0 Å². The van der Waals surface area contributed by atoms with Crippen molar-refractivity contribution in [2.24, 2.45) is 0 Å². The molecule has 0 radical (unpaired) electrons. The van der Waals surface area contributed by atoms with Crippen LogP contribution in [0.15, 0.2) is 0 Å². The number of hydrogen-bond acceptors (Lipinski definition) is 2. The number of nitrogens with zero attached hydrogens (tertiary/aromatic N) is 1. The van der Waals surface area contributed by atoms with Crippen LogP contribution in [0.1, 0.15) is 13.3 Å². The Balaban J connectivity index is 2.27. The molecule has 0 amide bonds. The summed E-state index contributed by atoms with van der Waals surface area (Å²) in [6.45, 7) is 5.44. The lowest BCUT2D eigenvalue weighted by molar-refractivity contribution is -0.000507. The fourth-order valence-corrected chi connectivity index (χ4v) is 1.62. The first-order chi connectivity index (χ1) is 5.99. The minimum Gasteiger partial charge on any atom is -0.379 e. The summed E-state index contributed by atoms with van der Waals surface area (Å²) in [5, 5.41) is 0. The summed E-state index contributed by atoms with van der Waals surface area (Å²) in [6, 6.07) is 0.432. The summed E-state index contributed by atoms with van der Waals surface area (Å²) in [6.07, 6.45) is 0.571. The van der Waals surface area contributed by atoms with E-state index in [-0.39, 0.29) is 0 Å². The van der Waals surface area contributed by atoms with E-state index in [1.165, 1.54) is 0 Å². The third-order valence-electron chi connectivity index (χ3n) is 2.19. The van der Waals surface area contributed by atoms with Crippen molar-refractivity contribution >= 4 is 34.8 Å². The smallest absolute Gasteiger partial charge is 0.191 e. The van der Waals surface area contributed by atoms with Gasteiger partial charge in [0.1, 0.15) is 0 Å². The fraction of sp³-hybridized carbons (Fsp3) is 1.00. The van der Waals surface area contributed by atoms with E-state index >= 15 is 0 Å². The molecule has 5 heteroatoms. The molecule has 1 atom stereocenters. The highest BCUT2D eigenvalue weighted by Gasteiger charge is 2.24. The number of ether oxygens (including phenoxy) is 1. The highest BCUT2D eigenvalue weighted by atomic mass is 35.6. The van der Waals surface area contributed by atoms with E-state index in [9.17, 15) is 0 Å². The molecule has 1 saturated heterocycles. The van der Waals surface area contributed by atoms with Gasteiger partial charge in [0.2, 0.25) is 0 Å². The molecule has 78 valence electrons. The molecule has 0 aromatic carbocycles. The van der Waals surface area contributed by atoms with Crippen LogP contribution in [0.3, 0.4) is 0 Å². The van der Waals surface area contributed by atoms with E-state index in [1.807, 2.05) is 0 Å². The third kappa shape index (κ3) is 4.71. The maximum Gasteiger partial charge on any atom is 0.191 e. The first-order valence-corrected chi connectivity index (χ1v) is 5.51. The Hall–Kier alpha value is 0.790. The van der Waals surface area contributed by atoms with Gasteiger partial charge in [-0.25, -0.2) is 0 Å². The van der Waals surface area contributed by atoms with Crippen LogP contribution in [0.4, 0.5) is 0 Å². The van der Waals surface area contributed by atoms with Crippen LogP contribution >= 0.6 is 34.8 Å². The first kappa shape index (κ1) is 11.9. The largest absolute Gasteiger partial charge is 0.379 e. The molecule has 1 aliphatic rings. The Kier molecular flexibility index (Phi) is 4.59. The molecular formula is C8H14Cl3NO. The average molecular weight is 247 g/mol. The molecule has 0 aromatic heterocycles. The van der Waals surface area contributed by atoms with E-state index in [1.54, 1.807) is 0 Å². The van der Waals surface area contributed by atoms with Gasteiger partial charge < -0.3 is 4.74 Å². The second-order valence-electron chi connectivity index (χ2n) is 3.33. The second-order valence-corrected chi connectivity index (χ2v) is 5.84. The number of halogens is 3. The standard InChI is InChI=1S/C8H14Cl3NO/c1-7-6-13-5-4-12(7)3-2-8(9,10)11/h7H,2-6H2,1H3/t7-/m1/s1. The van der Waals surface area contributed by atoms with Crippen molar-refractivity contribution < 1.29 is 4.74 Å². The van der Waals surface area contributed by atoms with E-state index < -0.39 is 3.79 Å². The number of hydrogen-bond donors (Lipinski definition) is 0. The van der Waals surface area contributed by atoms with Gasteiger partial charge in [0, 0.05) is 25.6 Å². The average Bonchev–Trinajstić information content (AvgIpc) is 2.01. The zero-order chi connectivity index (χ0) is 9.90. The molecule has 0 aromatic rings. The second kappa shape index (κ2) is 5.04. The Morgan fingerprint density at radius 3 is 2.69 bits per heavy atom. The minimum atomic E-state index is -1.13. The monoisotopic (exact) mass is 245 g/mol. The summed E-state index contributed by atoms with van der Waals surface area (Å²) >= 11 is 17.0. The van der Waals surface area contributed by atoms with Crippen molar-refractivity contribution in [2.75, 3.05) is 26.3 Å². The molecule has 0 bridgehead atoms. The van der Waals surface area contributed by atoms with E-state index in [0.29, 0.717) is 12.5 Å². The lowest BCUT2D eigenvalue weighted by Gasteiger charge is -2.33. The lowest BCUT2D eigenvalue weighted by atomic mass is 10.2. The van der Waals surface area contributed by atoms with Crippen molar-refractivity contribution in [2.45, 2.75) is 23.2 Å². The van der Waals surface area contributed by atoms with Gasteiger partial charge in [0.05, 0.1) is 13.2 Å². The molecule has 0 saturated carbocycles. The highest BCUT2D eigenvalue weighted by Crippen LogP contribution is 2.30. The van der Waals surface area contributed by atoms with Crippen molar-refractivity contribution in [1.82, 2.24) is 4.90 Å². The van der Waals surface area contributed by atoms with Gasteiger partial charge in [-0.3, -0.25) is 4.90 Å². The molecule has 1 fully saturated rings. The predicted octanol–water partition coefficient (Wildman–Crippen LogP) is 2.47. The quantitative estimate of drug-likeness (QED) is 0.694. The zero-order valence-corrected chi connectivity index (χ0v) is 9.87. The number of morpholine rings is 1. The normalized spacial score (nSPS) is 26.3. The zero-order valence-electron chi connectivity index (χ0n) is 7.60. The molecule has 2 nitrogen and oxygen atoms in total. The van der Waals surface area contributed by atoms with Crippen molar-refractivity contribution in [3.63, 3.8) is 0 Å². The number of rotatable bonds is 2. The molecule has 1 heterocycles. The van der Waals surface area contributed by atoms with Crippen LogP contribution in [0, 0.1) is 0 Å². The van der Waals surface area contributed by atoms with Crippen LogP contribution < -0.4 is 0 Å². The first-order valence-electron chi connectivity index (χ1n) is 4.37. The van der Waals surface area contributed by atoms with Gasteiger partial charge in [-0.1, -0.05) is 34.8 Å².